The van der Waals surface area contributed by atoms with E-state index in [4.69, 9.17) is 23.2 Å². The van der Waals surface area contributed by atoms with Gasteiger partial charge in [0.15, 0.2) is 0 Å². The zero-order valence-corrected chi connectivity index (χ0v) is 19.3. The lowest BCUT2D eigenvalue weighted by Crippen LogP contribution is -2.51. The van der Waals surface area contributed by atoms with Gasteiger partial charge in [-0.3, -0.25) is 9.59 Å². The van der Waals surface area contributed by atoms with E-state index in [9.17, 15) is 9.59 Å². The Morgan fingerprint density at radius 1 is 1.00 bits per heavy atom. The average molecular weight is 449 g/mol. The van der Waals surface area contributed by atoms with Crippen molar-refractivity contribution in [3.05, 3.63) is 69.7 Å². The molecule has 0 radical (unpaired) electrons. The van der Waals surface area contributed by atoms with Crippen LogP contribution < -0.4 is 5.32 Å². The number of nitrogens with zero attached hydrogens (tertiary/aromatic N) is 1. The summed E-state index contributed by atoms with van der Waals surface area (Å²) >= 11 is 12.1. The first-order valence-electron chi connectivity index (χ1n) is 10.4. The molecule has 0 saturated carbocycles. The van der Waals surface area contributed by atoms with Crippen LogP contribution in [0.1, 0.15) is 38.3 Å². The number of rotatable bonds is 10. The molecule has 1 atom stereocenters. The van der Waals surface area contributed by atoms with E-state index >= 15 is 0 Å². The summed E-state index contributed by atoms with van der Waals surface area (Å²) in [5, 5.41) is 3.84. The number of halogens is 2. The molecule has 0 bridgehead atoms. The van der Waals surface area contributed by atoms with Crippen LogP contribution >= 0.6 is 23.2 Å². The molecule has 0 aliphatic rings. The Labute approximate surface area is 189 Å². The third-order valence-corrected chi connectivity index (χ3v) is 5.63. The van der Waals surface area contributed by atoms with E-state index < -0.39 is 6.04 Å². The van der Waals surface area contributed by atoms with E-state index in [0.29, 0.717) is 41.9 Å². The molecule has 0 spiro atoms. The minimum Gasteiger partial charge on any atom is -0.354 e. The van der Waals surface area contributed by atoms with Crippen molar-refractivity contribution in [3.8, 4) is 0 Å². The second-order valence-corrected chi connectivity index (χ2v) is 8.63. The van der Waals surface area contributed by atoms with E-state index in [1.54, 1.807) is 23.1 Å². The second-order valence-electron chi connectivity index (χ2n) is 7.81. The van der Waals surface area contributed by atoms with Gasteiger partial charge in [-0.25, -0.2) is 0 Å². The highest BCUT2D eigenvalue weighted by Gasteiger charge is 2.28. The van der Waals surface area contributed by atoms with Gasteiger partial charge in [0.25, 0.3) is 0 Å². The molecule has 2 aromatic rings. The Bertz CT molecular complexity index is 840. The maximum atomic E-state index is 13.2. The quantitative estimate of drug-likeness (QED) is 0.545. The van der Waals surface area contributed by atoms with Gasteiger partial charge in [-0.15, -0.1) is 0 Å². The van der Waals surface area contributed by atoms with Gasteiger partial charge in [-0.2, -0.15) is 0 Å². The maximum Gasteiger partial charge on any atom is 0.242 e. The van der Waals surface area contributed by atoms with E-state index in [-0.39, 0.29) is 18.2 Å². The fourth-order valence-electron chi connectivity index (χ4n) is 3.24. The Morgan fingerprint density at radius 2 is 1.70 bits per heavy atom. The highest BCUT2D eigenvalue weighted by Crippen LogP contribution is 2.23. The van der Waals surface area contributed by atoms with Gasteiger partial charge < -0.3 is 10.2 Å². The summed E-state index contributed by atoms with van der Waals surface area (Å²) in [6.45, 7) is 7.08. The molecule has 162 valence electrons. The Hall–Kier alpha value is -2.04. The monoisotopic (exact) mass is 448 g/mol. The zero-order valence-electron chi connectivity index (χ0n) is 17.8. The lowest BCUT2D eigenvalue weighted by atomic mass is 10.1. The molecular formula is C24H30Cl2N2O2. The third-order valence-electron chi connectivity index (χ3n) is 4.89. The molecule has 0 heterocycles. The number of hydrogen-bond donors (Lipinski definition) is 1. The number of hydrogen-bond acceptors (Lipinski definition) is 2. The molecule has 2 aromatic carbocycles. The Kier molecular flexibility index (Phi) is 9.67. The number of nitrogens with one attached hydrogen (secondary N) is 1. The normalized spacial score (nSPS) is 11.9. The largest absolute Gasteiger partial charge is 0.354 e. The van der Waals surface area contributed by atoms with Gasteiger partial charge in [0.2, 0.25) is 11.8 Å². The molecule has 2 rings (SSSR count). The molecule has 0 unspecified atom stereocenters. The Morgan fingerprint density at radius 3 is 2.30 bits per heavy atom. The molecular weight excluding hydrogens is 419 g/mol. The van der Waals surface area contributed by atoms with Crippen LogP contribution in [0.25, 0.3) is 0 Å². The van der Waals surface area contributed by atoms with Crippen LogP contribution in [-0.2, 0) is 22.4 Å². The second kappa shape index (κ2) is 12.0. The van der Waals surface area contributed by atoms with Crippen LogP contribution in [-0.4, -0.2) is 35.8 Å². The van der Waals surface area contributed by atoms with Gasteiger partial charge in [-0.05, 0) is 42.0 Å². The van der Waals surface area contributed by atoms with Gasteiger partial charge in [0.05, 0.1) is 16.5 Å². The van der Waals surface area contributed by atoms with Crippen molar-refractivity contribution < 1.29 is 9.59 Å². The fraction of sp³-hybridized carbons (Fsp3) is 0.417. The topological polar surface area (TPSA) is 49.4 Å². The number of amides is 2. The fourth-order valence-corrected chi connectivity index (χ4v) is 3.56. The van der Waals surface area contributed by atoms with Gasteiger partial charge in [0, 0.05) is 13.1 Å². The van der Waals surface area contributed by atoms with Crippen molar-refractivity contribution in [2.24, 2.45) is 5.92 Å². The first-order valence-corrected chi connectivity index (χ1v) is 11.1. The summed E-state index contributed by atoms with van der Waals surface area (Å²) < 4.78 is 0. The van der Waals surface area contributed by atoms with Gasteiger partial charge in [0.1, 0.15) is 6.04 Å². The lowest BCUT2D eigenvalue weighted by Gasteiger charge is -2.31. The van der Waals surface area contributed by atoms with E-state index in [0.717, 1.165) is 11.1 Å². The Balaban J connectivity index is 2.20. The zero-order chi connectivity index (χ0) is 22.1. The SMILES string of the molecule is CC[C@@H](C(=O)NCC(C)C)N(CCc1ccccc1)C(=O)Cc1ccc(Cl)c(Cl)c1. The molecule has 0 saturated heterocycles. The first kappa shape index (κ1) is 24.2. The highest BCUT2D eigenvalue weighted by molar-refractivity contribution is 6.42. The minimum absolute atomic E-state index is 0.101. The van der Waals surface area contributed by atoms with Crippen molar-refractivity contribution in [1.82, 2.24) is 10.2 Å². The van der Waals surface area contributed by atoms with Crippen molar-refractivity contribution in [1.29, 1.82) is 0 Å². The van der Waals surface area contributed by atoms with Crippen LogP contribution in [0.4, 0.5) is 0 Å². The standard InChI is InChI=1S/C24H30Cl2N2O2/c1-4-22(24(30)27-16-17(2)3)28(13-12-18-8-6-5-7-9-18)23(29)15-19-10-11-20(25)21(26)14-19/h5-11,14,17,22H,4,12-13,15-16H2,1-3H3,(H,27,30)/t22-/m0/s1. The maximum absolute atomic E-state index is 13.2. The molecule has 0 aliphatic heterocycles. The van der Waals surface area contributed by atoms with E-state index in [2.05, 4.69) is 5.32 Å². The molecule has 2 amide bonds. The van der Waals surface area contributed by atoms with Crippen molar-refractivity contribution in [3.63, 3.8) is 0 Å². The van der Waals surface area contributed by atoms with E-state index in [1.807, 2.05) is 51.1 Å². The molecule has 0 aliphatic carbocycles. The summed E-state index contributed by atoms with van der Waals surface area (Å²) in [6.07, 6.45) is 1.40. The molecule has 1 N–H and O–H groups in total. The van der Waals surface area contributed by atoms with Gasteiger partial charge in [-0.1, -0.05) is 80.4 Å². The lowest BCUT2D eigenvalue weighted by molar-refractivity contribution is -0.140. The van der Waals surface area contributed by atoms with Crippen LogP contribution in [0.15, 0.2) is 48.5 Å². The molecule has 0 aromatic heterocycles. The van der Waals surface area contributed by atoms with E-state index in [1.165, 1.54) is 0 Å². The van der Waals surface area contributed by atoms with Crippen LogP contribution in [0.3, 0.4) is 0 Å². The predicted molar refractivity (Wildman–Crippen MR) is 124 cm³/mol. The number of carbonyl (C=O) groups is 2. The third kappa shape index (κ3) is 7.33. The van der Waals surface area contributed by atoms with Crippen LogP contribution in [0, 0.1) is 5.92 Å². The van der Waals surface area contributed by atoms with Crippen molar-refractivity contribution in [2.45, 2.75) is 46.1 Å². The minimum atomic E-state index is -0.511. The van der Waals surface area contributed by atoms with Gasteiger partial charge >= 0.3 is 0 Å². The summed E-state index contributed by atoms with van der Waals surface area (Å²) in [5.74, 6) is 0.133. The molecule has 6 heteroatoms. The van der Waals surface area contributed by atoms with Crippen molar-refractivity contribution >= 4 is 35.0 Å². The summed E-state index contributed by atoms with van der Waals surface area (Å²) in [6, 6.07) is 14.6. The molecule has 0 fully saturated rings. The summed E-state index contributed by atoms with van der Waals surface area (Å²) in [4.78, 5) is 27.8. The molecule has 30 heavy (non-hydrogen) atoms. The van der Waals surface area contributed by atoms with Crippen molar-refractivity contribution in [2.75, 3.05) is 13.1 Å². The smallest absolute Gasteiger partial charge is 0.242 e. The average Bonchev–Trinajstić information content (AvgIpc) is 2.72. The number of benzene rings is 2. The first-order chi connectivity index (χ1) is 14.3. The predicted octanol–water partition coefficient (Wildman–Crippen LogP) is 5.16. The highest BCUT2D eigenvalue weighted by atomic mass is 35.5. The van der Waals surface area contributed by atoms with Crippen LogP contribution in [0.5, 0.6) is 0 Å². The number of carbonyl (C=O) groups excluding carboxylic acids is 2. The summed E-state index contributed by atoms with van der Waals surface area (Å²) in [5.41, 5.74) is 1.90. The summed E-state index contributed by atoms with van der Waals surface area (Å²) in [7, 11) is 0. The van der Waals surface area contributed by atoms with Crippen LogP contribution in [0.2, 0.25) is 10.0 Å². The molecule has 4 nitrogen and oxygen atoms in total.